The molecule has 3 nitrogen and oxygen atoms in total. The van der Waals surface area contributed by atoms with Crippen molar-refractivity contribution >= 4 is 27.6 Å². The van der Waals surface area contributed by atoms with Gasteiger partial charge in [-0.2, -0.15) is 0 Å². The summed E-state index contributed by atoms with van der Waals surface area (Å²) >= 11 is 3.69. The molecule has 0 amide bonds. The van der Waals surface area contributed by atoms with E-state index in [1.54, 1.807) is 0 Å². The number of nitrogens with one attached hydrogen (secondary N) is 1. The molecule has 1 heterocycles. The Bertz CT molecular complexity index is 830. The predicted octanol–water partition coefficient (Wildman–Crippen LogP) is 5.06. The van der Waals surface area contributed by atoms with Crippen molar-refractivity contribution in [2.45, 2.75) is 18.4 Å². The number of fused-ring (bicyclic) bond motifs is 3. The Hall–Kier alpha value is -2.07. The Morgan fingerprint density at radius 3 is 2.83 bits per heavy atom. The molecule has 0 spiro atoms. The van der Waals surface area contributed by atoms with Gasteiger partial charge in [0.15, 0.2) is 0 Å². The van der Waals surface area contributed by atoms with E-state index in [1.165, 1.54) is 18.2 Å². The molecule has 0 fully saturated rings. The van der Waals surface area contributed by atoms with Crippen LogP contribution in [0.1, 0.15) is 39.9 Å². The van der Waals surface area contributed by atoms with Crippen LogP contribution in [0.15, 0.2) is 59.1 Å². The van der Waals surface area contributed by atoms with Crippen LogP contribution >= 0.6 is 15.9 Å². The fourth-order valence-corrected chi connectivity index (χ4v) is 4.41. The molecule has 122 valence electrons. The van der Waals surface area contributed by atoms with Crippen molar-refractivity contribution in [3.8, 4) is 0 Å². The van der Waals surface area contributed by atoms with E-state index in [9.17, 15) is 4.79 Å². The number of carbonyl (C=O) groups is 1. The maximum Gasteiger partial charge on any atom is 0.337 e. The van der Waals surface area contributed by atoms with Gasteiger partial charge in [0.05, 0.1) is 18.7 Å². The van der Waals surface area contributed by atoms with E-state index in [1.807, 2.05) is 24.3 Å². The van der Waals surface area contributed by atoms with Gasteiger partial charge in [-0.25, -0.2) is 4.79 Å². The largest absolute Gasteiger partial charge is 0.465 e. The minimum atomic E-state index is -0.288. The first-order chi connectivity index (χ1) is 11.7. The summed E-state index contributed by atoms with van der Waals surface area (Å²) in [7, 11) is 1.42. The molecule has 24 heavy (non-hydrogen) atoms. The summed E-state index contributed by atoms with van der Waals surface area (Å²) in [6.07, 6.45) is 5.56. The number of hydrogen-bond acceptors (Lipinski definition) is 3. The molecule has 0 saturated heterocycles. The number of carbonyl (C=O) groups excluding carboxylic acids is 1. The average Bonchev–Trinajstić information content (AvgIpc) is 3.10. The predicted molar refractivity (Wildman–Crippen MR) is 98.3 cm³/mol. The van der Waals surface area contributed by atoms with Crippen molar-refractivity contribution in [1.82, 2.24) is 0 Å². The lowest BCUT2D eigenvalue weighted by Crippen LogP contribution is -2.29. The Balaban J connectivity index is 1.78. The second-order valence-electron chi connectivity index (χ2n) is 6.29. The molecule has 4 rings (SSSR count). The molecule has 0 aromatic heterocycles. The summed E-state index contributed by atoms with van der Waals surface area (Å²) in [6, 6.07) is 14.4. The lowest BCUT2D eigenvalue weighted by molar-refractivity contribution is 0.0600. The minimum Gasteiger partial charge on any atom is -0.465 e. The SMILES string of the molecule is COC(=O)c1ccc2c(c1)[C@@H]1C=CC[C@@H]1[C@H](c1ccccc1Br)N2. The van der Waals surface area contributed by atoms with E-state index >= 15 is 0 Å². The Morgan fingerprint density at radius 2 is 2.04 bits per heavy atom. The third kappa shape index (κ3) is 2.46. The minimum absolute atomic E-state index is 0.247. The van der Waals surface area contributed by atoms with E-state index in [0.717, 1.165) is 16.6 Å². The first-order valence-corrected chi connectivity index (χ1v) is 8.88. The van der Waals surface area contributed by atoms with Crippen LogP contribution in [0.25, 0.3) is 0 Å². The van der Waals surface area contributed by atoms with E-state index in [-0.39, 0.29) is 12.0 Å². The smallest absolute Gasteiger partial charge is 0.337 e. The van der Waals surface area contributed by atoms with Gasteiger partial charge in [0, 0.05) is 16.1 Å². The van der Waals surface area contributed by atoms with Crippen molar-refractivity contribution in [2.24, 2.45) is 5.92 Å². The van der Waals surface area contributed by atoms with Crippen molar-refractivity contribution in [3.63, 3.8) is 0 Å². The Morgan fingerprint density at radius 1 is 1.21 bits per heavy atom. The summed E-state index contributed by atoms with van der Waals surface area (Å²) in [5.74, 6) is 0.483. The number of esters is 1. The van der Waals surface area contributed by atoms with Crippen molar-refractivity contribution in [3.05, 3.63) is 75.8 Å². The number of hydrogen-bond donors (Lipinski definition) is 1. The summed E-state index contributed by atoms with van der Waals surface area (Å²) in [5, 5.41) is 3.69. The molecule has 0 bridgehead atoms. The number of allylic oxidation sites excluding steroid dienone is 2. The molecule has 0 unspecified atom stereocenters. The maximum atomic E-state index is 11.9. The fraction of sp³-hybridized carbons (Fsp3) is 0.250. The Kier molecular flexibility index (Phi) is 3.93. The van der Waals surface area contributed by atoms with Gasteiger partial charge in [0.1, 0.15) is 0 Å². The quantitative estimate of drug-likeness (QED) is 0.581. The standard InChI is InChI=1S/C20H18BrNO2/c1-24-20(23)12-9-10-18-16(11-12)13-6-4-7-14(13)19(22-18)15-5-2-3-8-17(15)21/h2-6,8-11,13-14,19,22H,7H2,1H3/t13-,14+,19-/m1/s1. The van der Waals surface area contributed by atoms with Crippen LogP contribution in [-0.2, 0) is 4.74 Å². The summed E-state index contributed by atoms with van der Waals surface area (Å²) in [4.78, 5) is 11.9. The molecular formula is C20H18BrNO2. The van der Waals surface area contributed by atoms with Crippen molar-refractivity contribution < 1.29 is 9.53 Å². The van der Waals surface area contributed by atoms with Crippen molar-refractivity contribution in [2.75, 3.05) is 12.4 Å². The van der Waals surface area contributed by atoms with Crippen LogP contribution in [0.3, 0.4) is 0 Å². The number of ether oxygens (including phenoxy) is 1. The lowest BCUT2D eigenvalue weighted by atomic mass is 9.76. The highest BCUT2D eigenvalue weighted by Gasteiger charge is 2.38. The van der Waals surface area contributed by atoms with Crippen LogP contribution in [0.2, 0.25) is 0 Å². The maximum absolute atomic E-state index is 11.9. The Labute approximate surface area is 149 Å². The van der Waals surface area contributed by atoms with E-state index in [0.29, 0.717) is 17.4 Å². The second kappa shape index (κ2) is 6.10. The summed E-state index contributed by atoms with van der Waals surface area (Å²) in [6.45, 7) is 0. The van der Waals surface area contributed by atoms with Gasteiger partial charge in [-0.3, -0.25) is 0 Å². The van der Waals surface area contributed by atoms with E-state index in [2.05, 4.69) is 51.6 Å². The molecule has 2 aliphatic rings. The first-order valence-electron chi connectivity index (χ1n) is 8.09. The van der Waals surface area contributed by atoms with Gasteiger partial charge in [-0.15, -0.1) is 0 Å². The van der Waals surface area contributed by atoms with Crippen LogP contribution in [-0.4, -0.2) is 13.1 Å². The molecule has 0 radical (unpaired) electrons. The van der Waals surface area contributed by atoms with E-state index in [4.69, 9.17) is 4.74 Å². The van der Waals surface area contributed by atoms with Crippen LogP contribution in [0, 0.1) is 5.92 Å². The van der Waals surface area contributed by atoms with E-state index < -0.39 is 0 Å². The number of halogens is 1. The van der Waals surface area contributed by atoms with Gasteiger partial charge >= 0.3 is 5.97 Å². The van der Waals surface area contributed by atoms with Crippen LogP contribution < -0.4 is 5.32 Å². The molecule has 2 aromatic carbocycles. The molecule has 4 heteroatoms. The third-order valence-corrected chi connectivity index (χ3v) is 5.75. The second-order valence-corrected chi connectivity index (χ2v) is 7.14. The topological polar surface area (TPSA) is 38.3 Å². The zero-order valence-electron chi connectivity index (χ0n) is 13.3. The zero-order chi connectivity index (χ0) is 16.7. The van der Waals surface area contributed by atoms with Gasteiger partial charge in [-0.05, 0) is 47.7 Å². The molecule has 2 aromatic rings. The normalized spacial score (nSPS) is 24.0. The zero-order valence-corrected chi connectivity index (χ0v) is 14.9. The third-order valence-electron chi connectivity index (χ3n) is 5.02. The highest BCUT2D eigenvalue weighted by atomic mass is 79.9. The fourth-order valence-electron chi connectivity index (χ4n) is 3.87. The molecule has 1 aliphatic carbocycles. The van der Waals surface area contributed by atoms with Gasteiger partial charge < -0.3 is 10.1 Å². The monoisotopic (exact) mass is 383 g/mol. The molecule has 0 saturated carbocycles. The number of anilines is 1. The lowest BCUT2D eigenvalue weighted by Gasteiger charge is -2.38. The summed E-state index contributed by atoms with van der Waals surface area (Å²) in [5.41, 5.74) is 4.16. The van der Waals surface area contributed by atoms with Gasteiger partial charge in [0.25, 0.3) is 0 Å². The molecule has 1 aliphatic heterocycles. The summed E-state index contributed by atoms with van der Waals surface area (Å²) < 4.78 is 5.99. The van der Waals surface area contributed by atoms with Crippen LogP contribution in [0.5, 0.6) is 0 Å². The molecular weight excluding hydrogens is 366 g/mol. The first kappa shape index (κ1) is 15.5. The van der Waals surface area contributed by atoms with Crippen LogP contribution in [0.4, 0.5) is 5.69 Å². The van der Waals surface area contributed by atoms with Gasteiger partial charge in [0.2, 0.25) is 0 Å². The van der Waals surface area contributed by atoms with Gasteiger partial charge in [-0.1, -0.05) is 46.3 Å². The number of benzene rings is 2. The molecule has 3 atom stereocenters. The number of methoxy groups -OCH3 is 1. The van der Waals surface area contributed by atoms with Crippen molar-refractivity contribution in [1.29, 1.82) is 0 Å². The molecule has 1 N–H and O–H groups in total. The average molecular weight is 384 g/mol. The highest BCUT2D eigenvalue weighted by Crippen LogP contribution is 2.50. The number of rotatable bonds is 2. The highest BCUT2D eigenvalue weighted by molar-refractivity contribution is 9.10.